The van der Waals surface area contributed by atoms with Gasteiger partial charge in [0.25, 0.3) is 0 Å². The van der Waals surface area contributed by atoms with Crippen LogP contribution in [0.1, 0.15) is 44.9 Å². The van der Waals surface area contributed by atoms with E-state index in [-0.39, 0.29) is 0 Å². The standard InChI is InChI=1S/C17H24BrClN2/c18-14-9-8-12(19)11-17(14)21-16-7-2-1-5-13(16)15-6-3-4-10-20-15/h8-9,11,13,15-16,20-21H,1-7,10H2. The summed E-state index contributed by atoms with van der Waals surface area (Å²) in [5.41, 5.74) is 1.13. The lowest BCUT2D eigenvalue weighted by molar-refractivity contribution is 0.217. The highest BCUT2D eigenvalue weighted by Crippen LogP contribution is 2.34. The maximum Gasteiger partial charge on any atom is 0.0501 e. The third-order valence-corrected chi connectivity index (χ3v) is 5.88. The van der Waals surface area contributed by atoms with Gasteiger partial charge in [-0.1, -0.05) is 30.9 Å². The molecule has 1 aromatic rings. The van der Waals surface area contributed by atoms with Crippen LogP contribution in [0.25, 0.3) is 0 Å². The van der Waals surface area contributed by atoms with Crippen molar-refractivity contribution in [2.24, 2.45) is 5.92 Å². The lowest BCUT2D eigenvalue weighted by Crippen LogP contribution is -2.48. The molecule has 1 aromatic carbocycles. The van der Waals surface area contributed by atoms with E-state index in [1.54, 1.807) is 0 Å². The van der Waals surface area contributed by atoms with E-state index in [4.69, 9.17) is 11.6 Å². The zero-order valence-electron chi connectivity index (χ0n) is 12.4. The number of benzene rings is 1. The molecule has 1 saturated carbocycles. The quantitative estimate of drug-likeness (QED) is 0.761. The largest absolute Gasteiger partial charge is 0.381 e. The summed E-state index contributed by atoms with van der Waals surface area (Å²) in [5, 5.41) is 8.31. The summed E-state index contributed by atoms with van der Waals surface area (Å²) in [7, 11) is 0. The van der Waals surface area contributed by atoms with E-state index in [0.29, 0.717) is 12.1 Å². The molecule has 0 bridgehead atoms. The Morgan fingerprint density at radius 2 is 1.90 bits per heavy atom. The highest BCUT2D eigenvalue weighted by molar-refractivity contribution is 9.10. The molecule has 0 radical (unpaired) electrons. The predicted octanol–water partition coefficient (Wildman–Crippen LogP) is 5.22. The summed E-state index contributed by atoms with van der Waals surface area (Å²) < 4.78 is 1.10. The summed E-state index contributed by atoms with van der Waals surface area (Å²) >= 11 is 9.78. The second-order valence-electron chi connectivity index (χ2n) is 6.38. The molecule has 1 saturated heterocycles. The van der Waals surface area contributed by atoms with Gasteiger partial charge in [-0.2, -0.15) is 0 Å². The number of anilines is 1. The summed E-state index contributed by atoms with van der Waals surface area (Å²) in [6, 6.07) is 7.24. The maximum atomic E-state index is 6.15. The average Bonchev–Trinajstić information content (AvgIpc) is 2.52. The molecule has 1 aliphatic heterocycles. The normalized spacial score (nSPS) is 30.1. The average molecular weight is 372 g/mol. The van der Waals surface area contributed by atoms with E-state index in [1.165, 1.54) is 51.5 Å². The van der Waals surface area contributed by atoms with E-state index in [9.17, 15) is 0 Å². The first kappa shape index (κ1) is 15.6. The van der Waals surface area contributed by atoms with Crippen molar-refractivity contribution < 1.29 is 0 Å². The molecule has 116 valence electrons. The maximum absolute atomic E-state index is 6.15. The third kappa shape index (κ3) is 3.94. The fourth-order valence-electron chi connectivity index (χ4n) is 3.87. The summed E-state index contributed by atoms with van der Waals surface area (Å²) in [5.74, 6) is 0.741. The van der Waals surface area contributed by atoms with Gasteiger partial charge in [0.2, 0.25) is 0 Å². The van der Waals surface area contributed by atoms with Gasteiger partial charge in [-0.3, -0.25) is 0 Å². The minimum atomic E-state index is 0.559. The molecule has 21 heavy (non-hydrogen) atoms. The highest BCUT2D eigenvalue weighted by atomic mass is 79.9. The van der Waals surface area contributed by atoms with Crippen LogP contribution in [0.15, 0.2) is 22.7 Å². The van der Waals surface area contributed by atoms with Crippen LogP contribution in [0.2, 0.25) is 5.02 Å². The molecule has 3 unspecified atom stereocenters. The van der Waals surface area contributed by atoms with Crippen molar-refractivity contribution in [3.05, 3.63) is 27.7 Å². The van der Waals surface area contributed by atoms with Crippen molar-refractivity contribution in [2.75, 3.05) is 11.9 Å². The van der Waals surface area contributed by atoms with Gasteiger partial charge in [0, 0.05) is 21.6 Å². The number of halogens is 2. The molecule has 0 amide bonds. The van der Waals surface area contributed by atoms with E-state index in [1.807, 2.05) is 18.2 Å². The molecule has 0 spiro atoms. The van der Waals surface area contributed by atoms with Crippen molar-refractivity contribution in [1.82, 2.24) is 5.32 Å². The minimum Gasteiger partial charge on any atom is -0.381 e. The van der Waals surface area contributed by atoms with Crippen LogP contribution in [0.4, 0.5) is 5.69 Å². The number of rotatable bonds is 3. The van der Waals surface area contributed by atoms with Crippen LogP contribution in [0, 0.1) is 5.92 Å². The SMILES string of the molecule is Clc1ccc(Br)c(NC2CCCCC2C2CCCCN2)c1. The fraction of sp³-hybridized carbons (Fsp3) is 0.647. The van der Waals surface area contributed by atoms with E-state index in [2.05, 4.69) is 26.6 Å². The first-order valence-electron chi connectivity index (χ1n) is 8.19. The number of nitrogens with one attached hydrogen (secondary N) is 2. The molecule has 2 fully saturated rings. The molecule has 2 aliphatic rings. The van der Waals surface area contributed by atoms with Gasteiger partial charge in [-0.05, 0) is 72.3 Å². The van der Waals surface area contributed by atoms with E-state index in [0.717, 1.165) is 21.1 Å². The van der Waals surface area contributed by atoms with Gasteiger partial charge < -0.3 is 10.6 Å². The molecule has 2 nitrogen and oxygen atoms in total. The van der Waals surface area contributed by atoms with Gasteiger partial charge in [0.1, 0.15) is 0 Å². The third-order valence-electron chi connectivity index (χ3n) is 4.95. The molecule has 1 aliphatic carbocycles. The van der Waals surface area contributed by atoms with E-state index < -0.39 is 0 Å². The molecule has 4 heteroatoms. The zero-order chi connectivity index (χ0) is 14.7. The molecule has 1 heterocycles. The molecular weight excluding hydrogens is 348 g/mol. The summed E-state index contributed by atoms with van der Waals surface area (Å²) in [6.07, 6.45) is 9.36. The van der Waals surface area contributed by atoms with E-state index >= 15 is 0 Å². The van der Waals surface area contributed by atoms with Crippen molar-refractivity contribution in [1.29, 1.82) is 0 Å². The van der Waals surface area contributed by atoms with Crippen LogP contribution >= 0.6 is 27.5 Å². The molecule has 2 N–H and O–H groups in total. The summed E-state index contributed by atoms with van der Waals surface area (Å²) in [6.45, 7) is 1.19. The minimum absolute atomic E-state index is 0.559. The Kier molecular flexibility index (Phi) is 5.47. The smallest absolute Gasteiger partial charge is 0.0501 e. The molecular formula is C17H24BrClN2. The first-order chi connectivity index (χ1) is 10.2. The lowest BCUT2D eigenvalue weighted by Gasteiger charge is -2.40. The number of piperidine rings is 1. The Morgan fingerprint density at radius 3 is 2.71 bits per heavy atom. The van der Waals surface area contributed by atoms with Crippen molar-refractivity contribution in [3.63, 3.8) is 0 Å². The second kappa shape index (κ2) is 7.34. The first-order valence-corrected chi connectivity index (χ1v) is 9.36. The van der Waals surface area contributed by atoms with Crippen LogP contribution in [0.5, 0.6) is 0 Å². The van der Waals surface area contributed by atoms with Gasteiger partial charge in [-0.15, -0.1) is 0 Å². The van der Waals surface area contributed by atoms with Crippen LogP contribution < -0.4 is 10.6 Å². The Hall–Kier alpha value is -0.250. The van der Waals surface area contributed by atoms with Gasteiger partial charge in [0.15, 0.2) is 0 Å². The van der Waals surface area contributed by atoms with Gasteiger partial charge >= 0.3 is 0 Å². The Bertz CT molecular complexity index is 474. The van der Waals surface area contributed by atoms with Crippen molar-refractivity contribution in [3.8, 4) is 0 Å². The topological polar surface area (TPSA) is 24.1 Å². The van der Waals surface area contributed by atoms with Crippen LogP contribution in [-0.2, 0) is 0 Å². The monoisotopic (exact) mass is 370 g/mol. The molecule has 3 rings (SSSR count). The van der Waals surface area contributed by atoms with Crippen LogP contribution in [0.3, 0.4) is 0 Å². The Morgan fingerprint density at radius 1 is 1.10 bits per heavy atom. The fourth-order valence-corrected chi connectivity index (χ4v) is 4.41. The zero-order valence-corrected chi connectivity index (χ0v) is 14.7. The Balaban J connectivity index is 1.73. The van der Waals surface area contributed by atoms with Crippen LogP contribution in [-0.4, -0.2) is 18.6 Å². The number of hydrogen-bond acceptors (Lipinski definition) is 2. The summed E-state index contributed by atoms with van der Waals surface area (Å²) in [4.78, 5) is 0. The second-order valence-corrected chi connectivity index (χ2v) is 7.67. The van der Waals surface area contributed by atoms with Crippen molar-refractivity contribution in [2.45, 2.75) is 57.0 Å². The van der Waals surface area contributed by atoms with Gasteiger partial charge in [0.05, 0.1) is 5.69 Å². The lowest BCUT2D eigenvalue weighted by atomic mass is 9.77. The highest BCUT2D eigenvalue weighted by Gasteiger charge is 2.32. The Labute approximate surface area is 141 Å². The predicted molar refractivity (Wildman–Crippen MR) is 94.2 cm³/mol. The van der Waals surface area contributed by atoms with Crippen molar-refractivity contribution >= 4 is 33.2 Å². The number of hydrogen-bond donors (Lipinski definition) is 2. The molecule has 0 aromatic heterocycles. The molecule has 3 atom stereocenters. The van der Waals surface area contributed by atoms with Gasteiger partial charge in [-0.25, -0.2) is 0 Å².